The van der Waals surface area contributed by atoms with Crippen LogP contribution in [0.4, 0.5) is 5.69 Å². The maximum atomic E-state index is 12.2. The second-order valence-corrected chi connectivity index (χ2v) is 7.30. The first-order valence-corrected chi connectivity index (χ1v) is 9.76. The summed E-state index contributed by atoms with van der Waals surface area (Å²) >= 11 is 3.44. The van der Waals surface area contributed by atoms with Crippen molar-refractivity contribution < 1.29 is 19.1 Å². The summed E-state index contributed by atoms with van der Waals surface area (Å²) in [5.74, 6) is 0.288. The quantitative estimate of drug-likeness (QED) is 0.571. The first-order chi connectivity index (χ1) is 13.4. The third kappa shape index (κ3) is 6.65. The van der Waals surface area contributed by atoms with Crippen LogP contribution < -0.4 is 15.4 Å². The van der Waals surface area contributed by atoms with Crippen LogP contribution in [0.3, 0.4) is 0 Å². The van der Waals surface area contributed by atoms with Crippen LogP contribution in [0.2, 0.25) is 0 Å². The maximum Gasteiger partial charge on any atom is 0.262 e. The number of halogens is 1. The van der Waals surface area contributed by atoms with Crippen molar-refractivity contribution in [2.75, 3.05) is 32.2 Å². The van der Waals surface area contributed by atoms with Gasteiger partial charge >= 0.3 is 0 Å². The fourth-order valence-corrected chi connectivity index (χ4v) is 3.37. The molecule has 2 aromatic carbocycles. The molecule has 0 unspecified atom stereocenters. The lowest BCUT2D eigenvalue weighted by atomic mass is 10.1. The van der Waals surface area contributed by atoms with Gasteiger partial charge in [0.1, 0.15) is 5.75 Å². The topological polar surface area (TPSA) is 76.7 Å². The van der Waals surface area contributed by atoms with Crippen LogP contribution in [0, 0.1) is 13.8 Å². The smallest absolute Gasteiger partial charge is 0.262 e. The number of aryl methyl sites for hydroxylation is 2. The summed E-state index contributed by atoms with van der Waals surface area (Å²) in [4.78, 5) is 24.2. The average Bonchev–Trinajstić information content (AvgIpc) is 2.64. The van der Waals surface area contributed by atoms with E-state index in [1.807, 2.05) is 26.0 Å². The third-order valence-electron chi connectivity index (χ3n) is 4.01. The summed E-state index contributed by atoms with van der Waals surface area (Å²) in [5, 5.41) is 5.58. The Kier molecular flexibility index (Phi) is 8.47. The summed E-state index contributed by atoms with van der Waals surface area (Å²) in [5.41, 5.74) is 3.06. The largest absolute Gasteiger partial charge is 0.483 e. The second-order valence-electron chi connectivity index (χ2n) is 6.39. The van der Waals surface area contributed by atoms with E-state index in [4.69, 9.17) is 9.47 Å². The zero-order valence-corrected chi connectivity index (χ0v) is 17.9. The molecule has 6 nitrogen and oxygen atoms in total. The minimum atomic E-state index is -0.265. The molecule has 0 bridgehead atoms. The minimum absolute atomic E-state index is 0.0922. The van der Waals surface area contributed by atoms with Gasteiger partial charge in [0.25, 0.3) is 11.8 Å². The van der Waals surface area contributed by atoms with Crippen molar-refractivity contribution in [3.63, 3.8) is 0 Å². The fraction of sp³-hybridized carbons (Fsp3) is 0.333. The molecule has 0 aliphatic heterocycles. The van der Waals surface area contributed by atoms with Gasteiger partial charge in [-0.1, -0.05) is 15.9 Å². The van der Waals surface area contributed by atoms with Crippen LogP contribution >= 0.6 is 15.9 Å². The molecule has 0 atom stereocenters. The van der Waals surface area contributed by atoms with E-state index in [0.29, 0.717) is 30.2 Å². The highest BCUT2D eigenvalue weighted by Gasteiger charge is 2.10. The van der Waals surface area contributed by atoms with Crippen molar-refractivity contribution >= 4 is 33.4 Å². The Labute approximate surface area is 173 Å². The van der Waals surface area contributed by atoms with E-state index < -0.39 is 0 Å². The summed E-state index contributed by atoms with van der Waals surface area (Å²) in [6.07, 6.45) is 0.758. The van der Waals surface area contributed by atoms with Gasteiger partial charge in [-0.05, 0) is 67.8 Å². The lowest BCUT2D eigenvalue weighted by Crippen LogP contribution is -2.25. The lowest BCUT2D eigenvalue weighted by Gasteiger charge is -2.13. The van der Waals surface area contributed by atoms with Crippen molar-refractivity contribution in [1.82, 2.24) is 5.32 Å². The molecule has 2 rings (SSSR count). The van der Waals surface area contributed by atoms with Crippen LogP contribution in [0.15, 0.2) is 40.9 Å². The standard InChI is InChI=1S/C21H25BrN2O4/c1-14-11-17(22)12-15(2)20(14)28-13-19(25)24-18-7-5-16(6-8-18)21(26)23-9-4-10-27-3/h5-8,11-12H,4,9-10,13H2,1-3H3,(H,23,26)(H,24,25). The highest BCUT2D eigenvalue weighted by molar-refractivity contribution is 9.10. The van der Waals surface area contributed by atoms with Crippen LogP contribution in [-0.4, -0.2) is 38.7 Å². The van der Waals surface area contributed by atoms with Gasteiger partial charge in [0.05, 0.1) is 0 Å². The SMILES string of the molecule is COCCCNC(=O)c1ccc(NC(=O)COc2c(C)cc(Br)cc2C)cc1. The molecule has 0 spiro atoms. The first kappa shape index (κ1) is 21.9. The molecule has 28 heavy (non-hydrogen) atoms. The van der Waals surface area contributed by atoms with Gasteiger partial charge in [-0.2, -0.15) is 0 Å². The summed E-state index contributed by atoms with van der Waals surface area (Å²) in [6.45, 7) is 4.93. The van der Waals surface area contributed by atoms with E-state index in [0.717, 1.165) is 22.0 Å². The molecule has 0 fully saturated rings. The molecular formula is C21H25BrN2O4. The van der Waals surface area contributed by atoms with Crippen molar-refractivity contribution in [3.05, 3.63) is 57.6 Å². The third-order valence-corrected chi connectivity index (χ3v) is 4.47. The van der Waals surface area contributed by atoms with E-state index >= 15 is 0 Å². The number of methoxy groups -OCH3 is 1. The van der Waals surface area contributed by atoms with E-state index in [2.05, 4.69) is 26.6 Å². The number of nitrogens with one attached hydrogen (secondary N) is 2. The van der Waals surface area contributed by atoms with Crippen LogP contribution in [0.5, 0.6) is 5.75 Å². The van der Waals surface area contributed by atoms with Crippen LogP contribution in [0.1, 0.15) is 27.9 Å². The van der Waals surface area contributed by atoms with Gasteiger partial charge in [-0.15, -0.1) is 0 Å². The van der Waals surface area contributed by atoms with Crippen molar-refractivity contribution in [2.24, 2.45) is 0 Å². The molecule has 7 heteroatoms. The highest BCUT2D eigenvalue weighted by atomic mass is 79.9. The Balaban J connectivity index is 1.85. The Bertz CT molecular complexity index is 799. The summed E-state index contributed by atoms with van der Waals surface area (Å²) < 4.78 is 11.6. The van der Waals surface area contributed by atoms with Crippen molar-refractivity contribution in [2.45, 2.75) is 20.3 Å². The average molecular weight is 449 g/mol. The molecular weight excluding hydrogens is 424 g/mol. The van der Waals surface area contributed by atoms with Gasteiger partial charge in [0.2, 0.25) is 0 Å². The normalized spacial score (nSPS) is 10.4. The predicted molar refractivity (Wildman–Crippen MR) is 113 cm³/mol. The number of carbonyl (C=O) groups excluding carboxylic acids is 2. The van der Waals surface area contributed by atoms with E-state index in [1.165, 1.54) is 0 Å². The van der Waals surface area contributed by atoms with Gasteiger partial charge < -0.3 is 20.1 Å². The highest BCUT2D eigenvalue weighted by Crippen LogP contribution is 2.27. The first-order valence-electron chi connectivity index (χ1n) is 8.97. The molecule has 0 heterocycles. The number of rotatable bonds is 9. The molecule has 0 saturated heterocycles. The molecule has 0 aliphatic rings. The summed E-state index contributed by atoms with van der Waals surface area (Å²) in [6, 6.07) is 10.6. The van der Waals surface area contributed by atoms with Crippen LogP contribution in [-0.2, 0) is 9.53 Å². The monoisotopic (exact) mass is 448 g/mol. The fourth-order valence-electron chi connectivity index (χ4n) is 2.69. The minimum Gasteiger partial charge on any atom is -0.483 e. The number of carbonyl (C=O) groups is 2. The van der Waals surface area contributed by atoms with Crippen molar-refractivity contribution in [3.8, 4) is 5.75 Å². The number of anilines is 1. The maximum absolute atomic E-state index is 12.2. The van der Waals surface area contributed by atoms with E-state index in [1.54, 1.807) is 31.4 Å². The molecule has 150 valence electrons. The van der Waals surface area contributed by atoms with E-state index in [9.17, 15) is 9.59 Å². The molecule has 2 N–H and O–H groups in total. The summed E-state index contributed by atoms with van der Waals surface area (Å²) in [7, 11) is 1.63. The number of amides is 2. The predicted octanol–water partition coefficient (Wildman–Crippen LogP) is 3.85. The Morgan fingerprint density at radius 1 is 1.07 bits per heavy atom. The van der Waals surface area contributed by atoms with Crippen molar-refractivity contribution in [1.29, 1.82) is 0 Å². The zero-order valence-electron chi connectivity index (χ0n) is 16.3. The number of hydrogen-bond donors (Lipinski definition) is 2. The number of hydrogen-bond acceptors (Lipinski definition) is 4. The molecule has 0 radical (unpaired) electrons. The Morgan fingerprint density at radius 2 is 1.71 bits per heavy atom. The van der Waals surface area contributed by atoms with Crippen LogP contribution in [0.25, 0.3) is 0 Å². The van der Waals surface area contributed by atoms with Gasteiger partial charge in [0, 0.05) is 36.0 Å². The van der Waals surface area contributed by atoms with Gasteiger partial charge in [0.15, 0.2) is 6.61 Å². The molecule has 0 aliphatic carbocycles. The van der Waals surface area contributed by atoms with Gasteiger partial charge in [-0.3, -0.25) is 9.59 Å². The molecule has 2 aromatic rings. The number of benzene rings is 2. The second kappa shape index (κ2) is 10.8. The Morgan fingerprint density at radius 3 is 2.32 bits per heavy atom. The Hall–Kier alpha value is -2.38. The molecule has 0 aromatic heterocycles. The zero-order chi connectivity index (χ0) is 20.5. The molecule has 2 amide bonds. The number of ether oxygens (including phenoxy) is 2. The molecule has 0 saturated carbocycles. The van der Waals surface area contributed by atoms with E-state index in [-0.39, 0.29) is 18.4 Å². The van der Waals surface area contributed by atoms with Gasteiger partial charge in [-0.25, -0.2) is 0 Å². The lowest BCUT2D eigenvalue weighted by molar-refractivity contribution is -0.118.